The van der Waals surface area contributed by atoms with Gasteiger partial charge in [0.25, 0.3) is 0 Å². The largest absolute Gasteiger partial charge is 0.395 e. The average molecular weight is 236 g/mol. The molecule has 16 heavy (non-hydrogen) atoms. The minimum absolute atomic E-state index is 0.209. The topological polar surface area (TPSA) is 45.1 Å². The van der Waals surface area contributed by atoms with Crippen LogP contribution >= 0.6 is 11.3 Å². The molecule has 0 unspecified atom stereocenters. The maximum Gasteiger partial charge on any atom is 0.0939 e. The molecule has 0 saturated carbocycles. The van der Waals surface area contributed by atoms with E-state index in [2.05, 4.69) is 22.4 Å². The lowest BCUT2D eigenvalue weighted by atomic mass is 10.3. The second-order valence-corrected chi connectivity index (χ2v) is 4.77. The summed E-state index contributed by atoms with van der Waals surface area (Å²) >= 11 is 1.77. The molecule has 86 valence electrons. The summed E-state index contributed by atoms with van der Waals surface area (Å²) in [5, 5.41) is 13.0. The highest BCUT2D eigenvalue weighted by atomic mass is 32.1. The standard InChI is InChI=1S/C12H16N2OS/c15-9-8-13-7-3-6-12-14-10-4-1-2-5-11(10)16-12/h1-2,4-5,13,15H,3,6-9H2. The van der Waals surface area contributed by atoms with Crippen LogP contribution in [0.5, 0.6) is 0 Å². The third kappa shape index (κ3) is 3.01. The van der Waals surface area contributed by atoms with E-state index in [9.17, 15) is 0 Å². The highest BCUT2D eigenvalue weighted by Gasteiger charge is 2.01. The number of aliphatic hydroxyl groups is 1. The molecule has 0 bridgehead atoms. The number of para-hydroxylation sites is 1. The van der Waals surface area contributed by atoms with E-state index in [0.717, 1.165) is 24.9 Å². The molecule has 0 aliphatic carbocycles. The molecular weight excluding hydrogens is 220 g/mol. The Morgan fingerprint density at radius 1 is 1.25 bits per heavy atom. The molecular formula is C12H16N2OS. The van der Waals surface area contributed by atoms with Gasteiger partial charge in [-0.25, -0.2) is 4.98 Å². The van der Waals surface area contributed by atoms with E-state index in [1.807, 2.05) is 12.1 Å². The van der Waals surface area contributed by atoms with Crippen LogP contribution in [0.25, 0.3) is 10.2 Å². The minimum Gasteiger partial charge on any atom is -0.395 e. The summed E-state index contributed by atoms with van der Waals surface area (Å²) < 4.78 is 1.26. The first kappa shape index (κ1) is 11.5. The lowest BCUT2D eigenvalue weighted by Gasteiger charge is -1.99. The van der Waals surface area contributed by atoms with Gasteiger partial charge in [-0.3, -0.25) is 0 Å². The van der Waals surface area contributed by atoms with Gasteiger partial charge in [-0.15, -0.1) is 11.3 Å². The highest BCUT2D eigenvalue weighted by molar-refractivity contribution is 7.18. The van der Waals surface area contributed by atoms with Crippen molar-refractivity contribution in [2.45, 2.75) is 12.8 Å². The number of aliphatic hydroxyl groups excluding tert-OH is 1. The van der Waals surface area contributed by atoms with Crippen molar-refractivity contribution >= 4 is 21.6 Å². The van der Waals surface area contributed by atoms with E-state index in [1.54, 1.807) is 11.3 Å². The summed E-state index contributed by atoms with van der Waals surface area (Å²) in [4.78, 5) is 4.57. The van der Waals surface area contributed by atoms with Gasteiger partial charge in [0.1, 0.15) is 0 Å². The van der Waals surface area contributed by atoms with Gasteiger partial charge >= 0.3 is 0 Å². The van der Waals surface area contributed by atoms with Crippen LogP contribution in [-0.4, -0.2) is 29.8 Å². The second kappa shape index (κ2) is 5.94. The first-order valence-corrected chi connectivity index (χ1v) is 6.38. The van der Waals surface area contributed by atoms with Crippen LogP contribution in [0.1, 0.15) is 11.4 Å². The Balaban J connectivity index is 1.85. The molecule has 2 aromatic rings. The SMILES string of the molecule is OCCNCCCc1nc2ccccc2s1. The molecule has 0 aliphatic rings. The number of nitrogens with one attached hydrogen (secondary N) is 1. The van der Waals surface area contributed by atoms with Crippen molar-refractivity contribution in [1.29, 1.82) is 0 Å². The van der Waals surface area contributed by atoms with E-state index in [-0.39, 0.29) is 6.61 Å². The molecule has 0 radical (unpaired) electrons. The molecule has 1 heterocycles. The Kier molecular flexibility index (Phi) is 4.27. The number of rotatable bonds is 6. The van der Waals surface area contributed by atoms with E-state index >= 15 is 0 Å². The molecule has 0 atom stereocenters. The van der Waals surface area contributed by atoms with Gasteiger partial charge in [0.15, 0.2) is 0 Å². The van der Waals surface area contributed by atoms with Crippen LogP contribution in [0.15, 0.2) is 24.3 Å². The minimum atomic E-state index is 0.209. The summed E-state index contributed by atoms with van der Waals surface area (Å²) in [7, 11) is 0. The second-order valence-electron chi connectivity index (χ2n) is 3.65. The summed E-state index contributed by atoms with van der Waals surface area (Å²) in [5.74, 6) is 0. The molecule has 0 saturated heterocycles. The van der Waals surface area contributed by atoms with Gasteiger partial charge in [-0.05, 0) is 25.1 Å². The van der Waals surface area contributed by atoms with E-state index in [4.69, 9.17) is 5.11 Å². The number of hydrogen-bond acceptors (Lipinski definition) is 4. The van der Waals surface area contributed by atoms with Gasteiger partial charge in [0.05, 0.1) is 21.8 Å². The van der Waals surface area contributed by atoms with E-state index < -0.39 is 0 Å². The molecule has 0 spiro atoms. The fourth-order valence-corrected chi connectivity index (χ4v) is 2.60. The normalized spacial score (nSPS) is 11.1. The summed E-state index contributed by atoms with van der Waals surface area (Å²) in [6.45, 7) is 1.83. The van der Waals surface area contributed by atoms with Gasteiger partial charge in [0, 0.05) is 13.0 Å². The highest BCUT2D eigenvalue weighted by Crippen LogP contribution is 2.22. The van der Waals surface area contributed by atoms with Crippen LogP contribution in [-0.2, 0) is 6.42 Å². The maximum atomic E-state index is 8.61. The molecule has 2 rings (SSSR count). The molecule has 0 amide bonds. The van der Waals surface area contributed by atoms with E-state index in [1.165, 1.54) is 9.71 Å². The zero-order valence-electron chi connectivity index (χ0n) is 9.15. The first-order valence-electron chi connectivity index (χ1n) is 5.56. The first-order chi connectivity index (χ1) is 7.90. The van der Waals surface area contributed by atoms with Gasteiger partial charge in [-0.2, -0.15) is 0 Å². The van der Waals surface area contributed by atoms with Gasteiger partial charge in [0.2, 0.25) is 0 Å². The molecule has 3 nitrogen and oxygen atoms in total. The van der Waals surface area contributed by atoms with E-state index in [0.29, 0.717) is 6.54 Å². The van der Waals surface area contributed by atoms with Gasteiger partial charge < -0.3 is 10.4 Å². The predicted molar refractivity (Wildman–Crippen MR) is 67.9 cm³/mol. The smallest absolute Gasteiger partial charge is 0.0939 e. The summed E-state index contributed by atoms with van der Waals surface area (Å²) in [5.41, 5.74) is 1.10. The Bertz CT molecular complexity index is 408. The lowest BCUT2D eigenvalue weighted by molar-refractivity contribution is 0.292. The lowest BCUT2D eigenvalue weighted by Crippen LogP contribution is -2.19. The Labute approximate surface area is 99.1 Å². The Morgan fingerprint density at radius 2 is 2.12 bits per heavy atom. The average Bonchev–Trinajstić information content (AvgIpc) is 2.71. The van der Waals surface area contributed by atoms with Crippen LogP contribution in [0.2, 0.25) is 0 Å². The predicted octanol–water partition coefficient (Wildman–Crippen LogP) is 1.81. The van der Waals surface area contributed by atoms with Crippen molar-refractivity contribution in [3.05, 3.63) is 29.3 Å². The number of thiazole rings is 1. The number of aromatic nitrogens is 1. The number of aryl methyl sites for hydroxylation is 1. The number of fused-ring (bicyclic) bond motifs is 1. The van der Waals surface area contributed by atoms with Crippen molar-refractivity contribution in [2.24, 2.45) is 0 Å². The quantitative estimate of drug-likeness (QED) is 0.752. The van der Waals surface area contributed by atoms with Crippen LogP contribution in [0.3, 0.4) is 0 Å². The molecule has 4 heteroatoms. The maximum absolute atomic E-state index is 8.61. The molecule has 0 fully saturated rings. The Hall–Kier alpha value is -0.970. The fraction of sp³-hybridized carbons (Fsp3) is 0.417. The van der Waals surface area contributed by atoms with Crippen LogP contribution < -0.4 is 5.32 Å². The van der Waals surface area contributed by atoms with Crippen molar-refractivity contribution in [3.8, 4) is 0 Å². The molecule has 2 N–H and O–H groups in total. The molecule has 1 aromatic carbocycles. The van der Waals surface area contributed by atoms with Crippen molar-refractivity contribution < 1.29 is 5.11 Å². The van der Waals surface area contributed by atoms with Gasteiger partial charge in [-0.1, -0.05) is 12.1 Å². The van der Waals surface area contributed by atoms with Crippen molar-refractivity contribution in [2.75, 3.05) is 19.7 Å². The number of hydrogen-bond donors (Lipinski definition) is 2. The van der Waals surface area contributed by atoms with Crippen molar-refractivity contribution in [1.82, 2.24) is 10.3 Å². The van der Waals surface area contributed by atoms with Crippen LogP contribution in [0, 0.1) is 0 Å². The third-order valence-electron chi connectivity index (χ3n) is 2.37. The third-order valence-corrected chi connectivity index (χ3v) is 3.47. The monoisotopic (exact) mass is 236 g/mol. The molecule has 1 aromatic heterocycles. The number of benzene rings is 1. The zero-order chi connectivity index (χ0) is 11.2. The summed E-state index contributed by atoms with van der Waals surface area (Å²) in [6.07, 6.45) is 2.08. The molecule has 0 aliphatic heterocycles. The van der Waals surface area contributed by atoms with Crippen LogP contribution in [0.4, 0.5) is 0 Å². The van der Waals surface area contributed by atoms with Crippen molar-refractivity contribution in [3.63, 3.8) is 0 Å². The Morgan fingerprint density at radius 3 is 2.94 bits per heavy atom. The number of nitrogens with zero attached hydrogens (tertiary/aromatic N) is 1. The zero-order valence-corrected chi connectivity index (χ0v) is 9.96. The summed E-state index contributed by atoms with van der Waals surface area (Å²) in [6, 6.07) is 8.24. The fourth-order valence-electron chi connectivity index (χ4n) is 1.60.